The standard InChI is InChI=1S/C6H15N.ClH/c1-5(2)6(3)4-7;/h5-6H,4,7H2,1-3H3;1H. The van der Waals surface area contributed by atoms with Crippen molar-refractivity contribution < 1.29 is 0 Å². The zero-order chi connectivity index (χ0) is 5.86. The van der Waals surface area contributed by atoms with Crippen molar-refractivity contribution in [3.8, 4) is 0 Å². The van der Waals surface area contributed by atoms with Crippen molar-refractivity contribution >= 4 is 12.4 Å². The molecule has 0 radical (unpaired) electrons. The van der Waals surface area contributed by atoms with Crippen LogP contribution in [-0.4, -0.2) is 6.54 Å². The van der Waals surface area contributed by atoms with Gasteiger partial charge in [-0.3, -0.25) is 0 Å². The molecule has 0 amide bonds. The lowest BCUT2D eigenvalue weighted by molar-refractivity contribution is 0.429. The lowest BCUT2D eigenvalue weighted by Crippen LogP contribution is -2.15. The highest BCUT2D eigenvalue weighted by molar-refractivity contribution is 5.85. The third kappa shape index (κ3) is 4.41. The van der Waals surface area contributed by atoms with E-state index in [1.807, 2.05) is 0 Å². The van der Waals surface area contributed by atoms with Gasteiger partial charge in [-0.25, -0.2) is 0 Å². The van der Waals surface area contributed by atoms with E-state index in [0.717, 1.165) is 12.5 Å². The van der Waals surface area contributed by atoms with Crippen LogP contribution in [0.4, 0.5) is 0 Å². The van der Waals surface area contributed by atoms with Gasteiger partial charge in [-0.15, -0.1) is 12.4 Å². The van der Waals surface area contributed by atoms with Crippen LogP contribution < -0.4 is 5.73 Å². The molecule has 0 aliphatic carbocycles. The third-order valence-electron chi connectivity index (χ3n) is 1.51. The first kappa shape index (κ1) is 11.1. The molecule has 0 heterocycles. The van der Waals surface area contributed by atoms with Gasteiger partial charge in [-0.1, -0.05) is 20.8 Å². The molecule has 0 aromatic rings. The molecule has 0 aliphatic rings. The highest BCUT2D eigenvalue weighted by Gasteiger charge is 2.01. The van der Waals surface area contributed by atoms with Crippen LogP contribution in [-0.2, 0) is 0 Å². The number of nitrogens with two attached hydrogens (primary N) is 1. The second kappa shape index (κ2) is 5.39. The van der Waals surface area contributed by atoms with E-state index in [4.69, 9.17) is 5.73 Å². The van der Waals surface area contributed by atoms with Gasteiger partial charge in [0.05, 0.1) is 0 Å². The molecule has 0 aromatic carbocycles. The summed E-state index contributed by atoms with van der Waals surface area (Å²) >= 11 is 0. The quantitative estimate of drug-likeness (QED) is 0.616. The summed E-state index contributed by atoms with van der Waals surface area (Å²) in [5.74, 6) is 1.42. The van der Waals surface area contributed by atoms with Gasteiger partial charge in [0, 0.05) is 0 Å². The predicted octanol–water partition coefficient (Wildman–Crippen LogP) is 1.66. The Labute approximate surface area is 58.1 Å². The van der Waals surface area contributed by atoms with Crippen LogP contribution in [0.3, 0.4) is 0 Å². The molecule has 0 spiro atoms. The summed E-state index contributed by atoms with van der Waals surface area (Å²) < 4.78 is 0. The first-order valence-electron chi connectivity index (χ1n) is 2.88. The Kier molecular flexibility index (Phi) is 7.48. The monoisotopic (exact) mass is 137 g/mol. The number of hydrogen-bond acceptors (Lipinski definition) is 1. The minimum absolute atomic E-state index is 0. The van der Waals surface area contributed by atoms with Crippen molar-refractivity contribution in [1.29, 1.82) is 0 Å². The van der Waals surface area contributed by atoms with Gasteiger partial charge < -0.3 is 5.73 Å². The van der Waals surface area contributed by atoms with E-state index in [1.54, 1.807) is 0 Å². The summed E-state index contributed by atoms with van der Waals surface area (Å²) in [4.78, 5) is 0. The molecule has 0 bridgehead atoms. The Hall–Kier alpha value is 0.250. The largest absolute Gasteiger partial charge is 0.330 e. The van der Waals surface area contributed by atoms with Gasteiger partial charge in [-0.05, 0) is 18.4 Å². The van der Waals surface area contributed by atoms with E-state index in [-0.39, 0.29) is 12.4 Å². The van der Waals surface area contributed by atoms with E-state index >= 15 is 0 Å². The topological polar surface area (TPSA) is 26.0 Å². The molecular formula is C6H16ClN. The van der Waals surface area contributed by atoms with Crippen molar-refractivity contribution in [3.63, 3.8) is 0 Å². The SMILES string of the molecule is CC(C)C(C)CN.Cl. The minimum atomic E-state index is 0. The molecule has 0 saturated carbocycles. The first-order valence-corrected chi connectivity index (χ1v) is 2.88. The summed E-state index contributed by atoms with van der Waals surface area (Å²) in [7, 11) is 0. The molecule has 8 heavy (non-hydrogen) atoms. The molecule has 52 valence electrons. The van der Waals surface area contributed by atoms with Crippen molar-refractivity contribution in [3.05, 3.63) is 0 Å². The van der Waals surface area contributed by atoms with Crippen molar-refractivity contribution in [2.24, 2.45) is 17.6 Å². The molecule has 0 aromatic heterocycles. The van der Waals surface area contributed by atoms with Crippen molar-refractivity contribution in [2.45, 2.75) is 20.8 Å². The van der Waals surface area contributed by atoms with E-state index in [0.29, 0.717) is 5.92 Å². The summed E-state index contributed by atoms with van der Waals surface area (Å²) in [5, 5.41) is 0. The summed E-state index contributed by atoms with van der Waals surface area (Å²) in [6, 6.07) is 0. The summed E-state index contributed by atoms with van der Waals surface area (Å²) in [6.45, 7) is 7.37. The molecule has 0 aliphatic heterocycles. The average molecular weight is 138 g/mol. The fraction of sp³-hybridized carbons (Fsp3) is 1.00. The highest BCUT2D eigenvalue weighted by Crippen LogP contribution is 2.05. The maximum absolute atomic E-state index is 5.37. The van der Waals surface area contributed by atoms with Gasteiger partial charge >= 0.3 is 0 Å². The normalized spacial score (nSPS) is 13.1. The van der Waals surface area contributed by atoms with Gasteiger partial charge in [0.1, 0.15) is 0 Å². The van der Waals surface area contributed by atoms with Crippen molar-refractivity contribution in [1.82, 2.24) is 0 Å². The van der Waals surface area contributed by atoms with Crippen LogP contribution >= 0.6 is 12.4 Å². The van der Waals surface area contributed by atoms with Crippen LogP contribution in [0, 0.1) is 11.8 Å². The van der Waals surface area contributed by atoms with Gasteiger partial charge in [0.15, 0.2) is 0 Å². The third-order valence-corrected chi connectivity index (χ3v) is 1.51. The molecule has 0 saturated heterocycles. The van der Waals surface area contributed by atoms with Crippen LogP contribution in [0.25, 0.3) is 0 Å². The Balaban J connectivity index is 0. The zero-order valence-corrected chi connectivity index (χ0v) is 6.66. The van der Waals surface area contributed by atoms with Gasteiger partial charge in [0.25, 0.3) is 0 Å². The van der Waals surface area contributed by atoms with E-state index in [2.05, 4.69) is 20.8 Å². The Morgan fingerprint density at radius 1 is 1.25 bits per heavy atom. The van der Waals surface area contributed by atoms with E-state index in [9.17, 15) is 0 Å². The summed E-state index contributed by atoms with van der Waals surface area (Å²) in [5.41, 5.74) is 5.37. The second-order valence-electron chi connectivity index (χ2n) is 2.46. The fourth-order valence-electron chi connectivity index (χ4n) is 0.272. The first-order chi connectivity index (χ1) is 3.18. The molecule has 2 N–H and O–H groups in total. The number of halogens is 1. The molecule has 2 heteroatoms. The molecule has 0 fully saturated rings. The van der Waals surface area contributed by atoms with E-state index < -0.39 is 0 Å². The van der Waals surface area contributed by atoms with E-state index in [1.165, 1.54) is 0 Å². The lowest BCUT2D eigenvalue weighted by atomic mass is 9.99. The van der Waals surface area contributed by atoms with Crippen LogP contribution in [0.15, 0.2) is 0 Å². The second-order valence-corrected chi connectivity index (χ2v) is 2.46. The molecular weight excluding hydrogens is 122 g/mol. The maximum atomic E-state index is 5.37. The van der Waals surface area contributed by atoms with Crippen molar-refractivity contribution in [2.75, 3.05) is 6.54 Å². The number of hydrogen-bond donors (Lipinski definition) is 1. The average Bonchev–Trinajstić information content (AvgIpc) is 1.65. The lowest BCUT2D eigenvalue weighted by Gasteiger charge is -2.10. The predicted molar refractivity (Wildman–Crippen MR) is 40.3 cm³/mol. The van der Waals surface area contributed by atoms with Crippen LogP contribution in [0.1, 0.15) is 20.8 Å². The summed E-state index contributed by atoms with van der Waals surface area (Å²) in [6.07, 6.45) is 0. The molecule has 0 rings (SSSR count). The molecule has 1 atom stereocenters. The van der Waals surface area contributed by atoms with Crippen LogP contribution in [0.5, 0.6) is 0 Å². The Morgan fingerprint density at radius 3 is 1.62 bits per heavy atom. The Bertz CT molecular complexity index is 45.8. The highest BCUT2D eigenvalue weighted by atomic mass is 35.5. The number of rotatable bonds is 2. The fourth-order valence-corrected chi connectivity index (χ4v) is 0.272. The van der Waals surface area contributed by atoms with Gasteiger partial charge in [-0.2, -0.15) is 0 Å². The minimum Gasteiger partial charge on any atom is -0.330 e. The Morgan fingerprint density at radius 2 is 1.62 bits per heavy atom. The maximum Gasteiger partial charge on any atom is -0.00491 e. The zero-order valence-electron chi connectivity index (χ0n) is 5.85. The smallest absolute Gasteiger partial charge is 0.00491 e. The molecule has 1 unspecified atom stereocenters. The van der Waals surface area contributed by atoms with Crippen LogP contribution in [0.2, 0.25) is 0 Å². The van der Waals surface area contributed by atoms with Gasteiger partial charge in [0.2, 0.25) is 0 Å². The molecule has 1 nitrogen and oxygen atoms in total.